The van der Waals surface area contributed by atoms with Crippen LogP contribution in [0.3, 0.4) is 0 Å². The molecule has 2 aromatic rings. The molecule has 0 radical (unpaired) electrons. The molecule has 2 aromatic carbocycles. The average Bonchev–Trinajstić information content (AvgIpc) is 2.74. The molecule has 1 aliphatic heterocycles. The number of thiol groups is 1. The molecule has 31 heavy (non-hydrogen) atoms. The van der Waals surface area contributed by atoms with Crippen LogP contribution in [0.5, 0.6) is 0 Å². The number of hydrogen-bond acceptors (Lipinski definition) is 6. The van der Waals surface area contributed by atoms with Crippen LogP contribution in [0.4, 0.5) is 5.69 Å². The summed E-state index contributed by atoms with van der Waals surface area (Å²) in [6.45, 7) is 5.52. The van der Waals surface area contributed by atoms with Crippen molar-refractivity contribution in [1.82, 2.24) is 0 Å². The van der Waals surface area contributed by atoms with Crippen LogP contribution in [0.2, 0.25) is 0 Å². The first kappa shape index (κ1) is 23.0. The van der Waals surface area contributed by atoms with E-state index in [1.807, 2.05) is 30.3 Å². The Morgan fingerprint density at radius 2 is 1.84 bits per heavy atom. The fraction of sp³-hybridized carbons (Fsp3) is 0.364. The highest BCUT2D eigenvalue weighted by Crippen LogP contribution is 2.21. The molecular weight excluding hydrogens is 415 g/mol. The molecule has 3 rings (SSSR count). The first-order valence-electron chi connectivity index (χ1n) is 10.1. The summed E-state index contributed by atoms with van der Waals surface area (Å²) in [5, 5.41) is 11.8. The number of nitrogens with one attached hydrogen (secondary N) is 1. The number of carbonyl (C=O) groups excluding carboxylic acids is 1. The lowest BCUT2D eigenvalue weighted by atomic mass is 9.75. The lowest BCUT2D eigenvalue weighted by Gasteiger charge is -2.33. The standard InChI is InChI=1S/C22H25BN2O5S/c1-22(2)14-29-23(30-15-22)18-8-6-16(7-9-18)4-3-5-21(26)25-19-10-11-20(31(27)28)17(12-19)13-24/h6-12,31H,3-5,14-15H2,1-2H3,(H,25,26). The predicted octanol–water partition coefficient (Wildman–Crippen LogP) is 2.26. The van der Waals surface area contributed by atoms with Crippen LogP contribution in [-0.2, 0) is 31.2 Å². The lowest BCUT2D eigenvalue weighted by molar-refractivity contribution is -0.116. The zero-order valence-electron chi connectivity index (χ0n) is 17.6. The van der Waals surface area contributed by atoms with Gasteiger partial charge < -0.3 is 14.6 Å². The maximum atomic E-state index is 12.2. The van der Waals surface area contributed by atoms with Crippen LogP contribution < -0.4 is 10.8 Å². The highest BCUT2D eigenvalue weighted by molar-refractivity contribution is 7.72. The minimum Gasteiger partial charge on any atom is -0.407 e. The van der Waals surface area contributed by atoms with Crippen LogP contribution in [0.1, 0.15) is 37.8 Å². The van der Waals surface area contributed by atoms with Crippen molar-refractivity contribution in [3.05, 3.63) is 53.6 Å². The van der Waals surface area contributed by atoms with Gasteiger partial charge in [-0.2, -0.15) is 5.26 Å². The van der Waals surface area contributed by atoms with Gasteiger partial charge in [0.25, 0.3) is 0 Å². The van der Waals surface area contributed by atoms with Crippen molar-refractivity contribution < 1.29 is 22.5 Å². The third-order valence-corrected chi connectivity index (χ3v) is 5.75. The van der Waals surface area contributed by atoms with Gasteiger partial charge in [0.05, 0.1) is 10.5 Å². The van der Waals surface area contributed by atoms with E-state index < -0.39 is 10.7 Å². The summed E-state index contributed by atoms with van der Waals surface area (Å²) in [6, 6.07) is 14.0. The highest BCUT2D eigenvalue weighted by Gasteiger charge is 2.33. The van der Waals surface area contributed by atoms with Gasteiger partial charge in [0.15, 0.2) is 10.7 Å². The number of hydrogen-bond donors (Lipinski definition) is 2. The molecule has 1 amide bonds. The van der Waals surface area contributed by atoms with Gasteiger partial charge in [0.2, 0.25) is 5.91 Å². The van der Waals surface area contributed by atoms with E-state index in [0.717, 1.165) is 17.4 Å². The van der Waals surface area contributed by atoms with Crippen molar-refractivity contribution in [3.8, 4) is 6.07 Å². The first-order chi connectivity index (χ1) is 14.8. The summed E-state index contributed by atoms with van der Waals surface area (Å²) in [5.74, 6) is -0.189. The van der Waals surface area contributed by atoms with Gasteiger partial charge >= 0.3 is 7.12 Å². The van der Waals surface area contributed by atoms with E-state index in [0.29, 0.717) is 31.7 Å². The third-order valence-electron chi connectivity index (χ3n) is 4.97. The quantitative estimate of drug-likeness (QED) is 0.506. The van der Waals surface area contributed by atoms with Crippen LogP contribution in [-0.4, -0.2) is 34.7 Å². The van der Waals surface area contributed by atoms with E-state index in [9.17, 15) is 13.2 Å². The van der Waals surface area contributed by atoms with E-state index in [1.165, 1.54) is 18.2 Å². The Labute approximate surface area is 184 Å². The second-order valence-electron chi connectivity index (χ2n) is 8.36. The fourth-order valence-electron chi connectivity index (χ4n) is 3.27. The SMILES string of the molecule is CC1(C)COB(c2ccc(CCCC(=O)Nc3ccc([SH](=O)=O)c(C#N)c3)cc2)OC1. The van der Waals surface area contributed by atoms with E-state index in [-0.39, 0.29) is 28.9 Å². The third kappa shape index (κ3) is 6.41. The van der Waals surface area contributed by atoms with Crippen molar-refractivity contribution in [1.29, 1.82) is 5.26 Å². The normalized spacial score (nSPS) is 15.5. The molecule has 9 heteroatoms. The van der Waals surface area contributed by atoms with Crippen LogP contribution in [0.25, 0.3) is 0 Å². The largest absolute Gasteiger partial charge is 0.493 e. The molecule has 0 atom stereocenters. The zero-order chi connectivity index (χ0) is 22.4. The van der Waals surface area contributed by atoms with E-state index in [1.54, 1.807) is 0 Å². The molecule has 1 N–H and O–H groups in total. The number of carbonyl (C=O) groups is 1. The Kier molecular flexibility index (Phi) is 7.49. The summed E-state index contributed by atoms with van der Waals surface area (Å²) in [4.78, 5) is 12.1. The van der Waals surface area contributed by atoms with Gasteiger partial charge in [-0.25, -0.2) is 8.42 Å². The van der Waals surface area contributed by atoms with Gasteiger partial charge in [0, 0.05) is 30.7 Å². The highest BCUT2D eigenvalue weighted by atomic mass is 32.2. The molecule has 1 aliphatic rings. The molecule has 0 aliphatic carbocycles. The Morgan fingerprint density at radius 1 is 1.16 bits per heavy atom. The molecule has 0 saturated carbocycles. The summed E-state index contributed by atoms with van der Waals surface area (Å²) in [5.41, 5.74) is 2.55. The molecule has 1 saturated heterocycles. The maximum Gasteiger partial charge on any atom is 0.493 e. The molecule has 0 bridgehead atoms. The van der Waals surface area contributed by atoms with Gasteiger partial charge in [-0.05, 0) is 42.1 Å². The Hall–Kier alpha value is -2.67. The van der Waals surface area contributed by atoms with Crippen LogP contribution >= 0.6 is 0 Å². The second kappa shape index (κ2) is 10.1. The van der Waals surface area contributed by atoms with Crippen molar-refractivity contribution in [3.63, 3.8) is 0 Å². The fourth-order valence-corrected chi connectivity index (χ4v) is 3.77. The monoisotopic (exact) mass is 440 g/mol. The lowest BCUT2D eigenvalue weighted by Crippen LogP contribution is -2.47. The first-order valence-corrected chi connectivity index (χ1v) is 11.3. The number of aryl methyl sites for hydroxylation is 1. The van der Waals surface area contributed by atoms with Gasteiger partial charge in [0.1, 0.15) is 6.07 Å². The van der Waals surface area contributed by atoms with E-state index in [2.05, 4.69) is 19.2 Å². The molecular formula is C22H25BN2O5S. The number of nitriles is 1. The van der Waals surface area contributed by atoms with Gasteiger partial charge in [-0.3, -0.25) is 4.79 Å². The molecule has 1 heterocycles. The van der Waals surface area contributed by atoms with Crippen molar-refractivity contribution in [2.45, 2.75) is 38.0 Å². The maximum absolute atomic E-state index is 12.2. The summed E-state index contributed by atoms with van der Waals surface area (Å²) < 4.78 is 33.8. The predicted molar refractivity (Wildman–Crippen MR) is 119 cm³/mol. The minimum atomic E-state index is -2.85. The number of rotatable bonds is 7. The van der Waals surface area contributed by atoms with Crippen LogP contribution in [0.15, 0.2) is 47.4 Å². The Morgan fingerprint density at radius 3 is 2.45 bits per heavy atom. The average molecular weight is 440 g/mol. The van der Waals surface area contributed by atoms with E-state index >= 15 is 0 Å². The Bertz CT molecular complexity index is 1040. The number of amides is 1. The number of nitrogens with zero attached hydrogens (tertiary/aromatic N) is 1. The smallest absolute Gasteiger partial charge is 0.407 e. The van der Waals surface area contributed by atoms with Crippen molar-refractivity contribution >= 4 is 34.9 Å². The minimum absolute atomic E-state index is 0.0171. The zero-order valence-corrected chi connectivity index (χ0v) is 18.5. The second-order valence-corrected chi connectivity index (χ2v) is 9.36. The molecule has 0 aromatic heterocycles. The number of benzene rings is 2. The molecule has 0 spiro atoms. The molecule has 1 fully saturated rings. The number of anilines is 1. The van der Waals surface area contributed by atoms with E-state index in [4.69, 9.17) is 14.6 Å². The summed E-state index contributed by atoms with van der Waals surface area (Å²) in [7, 11) is -3.19. The van der Waals surface area contributed by atoms with Gasteiger partial charge in [-0.15, -0.1) is 0 Å². The van der Waals surface area contributed by atoms with Crippen molar-refractivity contribution in [2.24, 2.45) is 5.41 Å². The Balaban J connectivity index is 1.47. The van der Waals surface area contributed by atoms with Gasteiger partial charge in [-0.1, -0.05) is 38.1 Å². The summed E-state index contributed by atoms with van der Waals surface area (Å²) >= 11 is 0. The molecule has 0 unspecified atom stereocenters. The molecule has 7 nitrogen and oxygen atoms in total. The van der Waals surface area contributed by atoms with Crippen LogP contribution in [0, 0.1) is 16.7 Å². The topological polar surface area (TPSA) is 105 Å². The molecule has 162 valence electrons. The summed E-state index contributed by atoms with van der Waals surface area (Å²) in [6.07, 6.45) is 1.71. The van der Waals surface area contributed by atoms with Crippen molar-refractivity contribution in [2.75, 3.05) is 18.5 Å².